The number of hydrogen-bond donors (Lipinski definition) is 3. The predicted molar refractivity (Wildman–Crippen MR) is 150 cm³/mol. The molecule has 0 radical (unpaired) electrons. The molecule has 196 valence electrons. The number of hydrogen-bond acceptors (Lipinski definition) is 5. The van der Waals surface area contributed by atoms with E-state index in [0.717, 1.165) is 0 Å². The van der Waals surface area contributed by atoms with Gasteiger partial charge in [0.15, 0.2) is 0 Å². The number of benzene rings is 4. The second-order valence-corrected chi connectivity index (χ2v) is 12.2. The number of nitrogens with one attached hydrogen (secondary N) is 3. The van der Waals surface area contributed by atoms with E-state index >= 15 is 0 Å². The Kier molecular flexibility index (Phi) is 7.77. The van der Waals surface area contributed by atoms with Crippen LogP contribution in [0.3, 0.4) is 0 Å². The van der Waals surface area contributed by atoms with Crippen LogP contribution in [0.25, 0.3) is 0 Å². The maximum atomic E-state index is 13.0. The molecule has 0 saturated heterocycles. The first-order valence-corrected chi connectivity index (χ1v) is 14.7. The quantitative estimate of drug-likeness (QED) is 0.247. The van der Waals surface area contributed by atoms with Crippen molar-refractivity contribution in [1.82, 2.24) is 0 Å². The topological polar surface area (TPSA) is 121 Å². The van der Waals surface area contributed by atoms with E-state index in [0.29, 0.717) is 27.5 Å². The van der Waals surface area contributed by atoms with Gasteiger partial charge < -0.3 is 5.32 Å². The van der Waals surface area contributed by atoms with Crippen molar-refractivity contribution in [3.8, 4) is 0 Å². The number of carbonyl (C=O) groups excluding carboxylic acids is 1. The third kappa shape index (κ3) is 5.99. The van der Waals surface area contributed by atoms with Crippen molar-refractivity contribution in [1.29, 1.82) is 0 Å². The molecule has 4 rings (SSSR count). The third-order valence-electron chi connectivity index (χ3n) is 5.81. The van der Waals surface area contributed by atoms with Crippen molar-refractivity contribution < 1.29 is 21.6 Å². The van der Waals surface area contributed by atoms with E-state index in [-0.39, 0.29) is 21.0 Å². The lowest BCUT2D eigenvalue weighted by atomic mass is 10.1. The minimum absolute atomic E-state index is 0.00312. The third-order valence-corrected chi connectivity index (χ3v) is 8.98. The van der Waals surface area contributed by atoms with Crippen molar-refractivity contribution in [2.45, 2.75) is 23.6 Å². The molecule has 0 aromatic heterocycles. The van der Waals surface area contributed by atoms with Crippen molar-refractivity contribution in [3.05, 3.63) is 113 Å². The van der Waals surface area contributed by atoms with E-state index in [1.807, 2.05) is 0 Å². The molecule has 0 unspecified atom stereocenters. The number of halogens is 1. The molecule has 11 heteroatoms. The van der Waals surface area contributed by atoms with Crippen LogP contribution in [0.4, 0.5) is 17.1 Å². The van der Waals surface area contributed by atoms with Gasteiger partial charge in [-0.15, -0.1) is 0 Å². The van der Waals surface area contributed by atoms with E-state index < -0.39 is 26.0 Å². The summed E-state index contributed by atoms with van der Waals surface area (Å²) >= 11 is 6.08. The van der Waals surface area contributed by atoms with Crippen LogP contribution in [0.2, 0.25) is 5.02 Å². The molecule has 8 nitrogen and oxygen atoms in total. The normalized spacial score (nSPS) is 11.6. The molecule has 38 heavy (non-hydrogen) atoms. The summed E-state index contributed by atoms with van der Waals surface area (Å²) in [5.74, 6) is -0.480. The van der Waals surface area contributed by atoms with Crippen molar-refractivity contribution in [2.75, 3.05) is 14.8 Å². The highest BCUT2D eigenvalue weighted by atomic mass is 35.5. The van der Waals surface area contributed by atoms with E-state index in [9.17, 15) is 21.6 Å². The highest BCUT2D eigenvalue weighted by molar-refractivity contribution is 7.93. The second-order valence-electron chi connectivity index (χ2n) is 8.39. The van der Waals surface area contributed by atoms with Crippen LogP contribution < -0.4 is 14.8 Å². The highest BCUT2D eigenvalue weighted by Gasteiger charge is 2.19. The van der Waals surface area contributed by atoms with Crippen LogP contribution in [0.1, 0.15) is 21.5 Å². The molecule has 3 N–H and O–H groups in total. The molecule has 1 amide bonds. The minimum Gasteiger partial charge on any atom is -0.322 e. The smallest absolute Gasteiger partial charge is 0.261 e. The zero-order valence-corrected chi connectivity index (χ0v) is 22.8. The van der Waals surface area contributed by atoms with E-state index in [1.54, 1.807) is 68.4 Å². The van der Waals surface area contributed by atoms with E-state index in [2.05, 4.69) is 14.8 Å². The number of sulfonamides is 2. The van der Waals surface area contributed by atoms with Crippen LogP contribution >= 0.6 is 11.6 Å². The van der Waals surface area contributed by atoms with Crippen molar-refractivity contribution >= 4 is 54.6 Å². The number of carbonyl (C=O) groups is 1. The molecule has 0 fully saturated rings. The molecular formula is C27H24ClN3O5S2. The van der Waals surface area contributed by atoms with E-state index in [1.165, 1.54) is 36.4 Å². The SMILES string of the molecule is Cc1c(Cl)cccc1NS(=O)(=O)c1ccc(NC(=O)c2cccc(NS(=O)(=O)c3ccccc3)c2C)cc1. The Balaban J connectivity index is 1.50. The maximum absolute atomic E-state index is 13.0. The Hall–Kier alpha value is -3.86. The van der Waals surface area contributed by atoms with Crippen LogP contribution in [-0.2, 0) is 20.0 Å². The van der Waals surface area contributed by atoms with Crippen LogP contribution in [0.15, 0.2) is 101 Å². The number of amides is 1. The van der Waals surface area contributed by atoms with Crippen LogP contribution in [-0.4, -0.2) is 22.7 Å². The predicted octanol–water partition coefficient (Wildman–Crippen LogP) is 5.81. The zero-order valence-electron chi connectivity index (χ0n) is 20.4. The summed E-state index contributed by atoms with van der Waals surface area (Å²) in [6.45, 7) is 3.35. The van der Waals surface area contributed by atoms with Crippen molar-refractivity contribution in [2.24, 2.45) is 0 Å². The Morgan fingerprint density at radius 2 is 1.16 bits per heavy atom. The number of rotatable bonds is 8. The molecule has 0 aliphatic heterocycles. The standard InChI is InChI=1S/C27H24ClN3O5S2/c1-18-23(10-6-12-25(18)30-37(33,34)21-8-4-3-5-9-21)27(32)29-20-14-16-22(17-15-20)38(35,36)31-26-13-7-11-24(28)19(26)2/h3-17,30-31H,1-2H3,(H,29,32). The Bertz CT molecular complexity index is 1710. The van der Waals surface area contributed by atoms with Gasteiger partial charge in [-0.1, -0.05) is 41.9 Å². The zero-order chi connectivity index (χ0) is 27.5. The molecular weight excluding hydrogens is 546 g/mol. The lowest BCUT2D eigenvalue weighted by molar-refractivity contribution is 0.102. The first-order chi connectivity index (χ1) is 18.0. The Morgan fingerprint density at radius 1 is 0.632 bits per heavy atom. The Morgan fingerprint density at radius 3 is 1.76 bits per heavy atom. The largest absolute Gasteiger partial charge is 0.322 e. The lowest BCUT2D eigenvalue weighted by Crippen LogP contribution is -2.17. The van der Waals surface area contributed by atoms with E-state index in [4.69, 9.17) is 11.6 Å². The molecule has 0 aliphatic rings. The first kappa shape index (κ1) is 27.2. The molecule has 0 aliphatic carbocycles. The van der Waals surface area contributed by atoms with Gasteiger partial charge in [-0.25, -0.2) is 16.8 Å². The van der Waals surface area contributed by atoms with Gasteiger partial charge >= 0.3 is 0 Å². The summed E-state index contributed by atoms with van der Waals surface area (Å²) in [7, 11) is -7.72. The monoisotopic (exact) mass is 569 g/mol. The average molecular weight is 570 g/mol. The summed E-state index contributed by atoms with van der Waals surface area (Å²) in [6, 6.07) is 23.2. The summed E-state index contributed by atoms with van der Waals surface area (Å²) in [5, 5.41) is 3.16. The fraction of sp³-hybridized carbons (Fsp3) is 0.0741. The van der Waals surface area contributed by atoms with Gasteiger partial charge in [0.05, 0.1) is 21.2 Å². The van der Waals surface area contributed by atoms with Gasteiger partial charge in [-0.3, -0.25) is 14.2 Å². The van der Waals surface area contributed by atoms with Crippen LogP contribution in [0.5, 0.6) is 0 Å². The molecule has 0 heterocycles. The number of anilines is 3. The van der Waals surface area contributed by atoms with Crippen molar-refractivity contribution in [3.63, 3.8) is 0 Å². The molecule has 0 bridgehead atoms. The lowest BCUT2D eigenvalue weighted by Gasteiger charge is -2.14. The summed E-state index contributed by atoms with van der Waals surface area (Å²) in [4.78, 5) is 13.1. The van der Waals surface area contributed by atoms with Gasteiger partial charge in [0.25, 0.3) is 26.0 Å². The Labute approximate surface area is 226 Å². The summed E-state index contributed by atoms with van der Waals surface area (Å²) < 4.78 is 56.1. The van der Waals surface area contributed by atoms with Gasteiger partial charge in [0, 0.05) is 16.3 Å². The summed E-state index contributed by atoms with van der Waals surface area (Å²) in [6.07, 6.45) is 0. The van der Waals surface area contributed by atoms with Gasteiger partial charge in [0.2, 0.25) is 0 Å². The maximum Gasteiger partial charge on any atom is 0.261 e. The molecule has 4 aromatic carbocycles. The van der Waals surface area contributed by atoms with Crippen LogP contribution in [0, 0.1) is 13.8 Å². The fourth-order valence-corrected chi connectivity index (χ4v) is 6.07. The first-order valence-electron chi connectivity index (χ1n) is 11.3. The molecule has 0 atom stereocenters. The second kappa shape index (κ2) is 10.9. The van der Waals surface area contributed by atoms with Gasteiger partial charge in [0.1, 0.15) is 0 Å². The minimum atomic E-state index is -3.89. The molecule has 0 saturated carbocycles. The molecule has 0 spiro atoms. The highest BCUT2D eigenvalue weighted by Crippen LogP contribution is 2.27. The summed E-state index contributed by atoms with van der Waals surface area (Å²) in [5.41, 5.74) is 2.30. The van der Waals surface area contributed by atoms with Gasteiger partial charge in [-0.05, 0) is 85.6 Å². The van der Waals surface area contributed by atoms with Gasteiger partial charge in [-0.2, -0.15) is 0 Å². The fourth-order valence-electron chi connectivity index (χ4n) is 3.63. The molecule has 4 aromatic rings. The average Bonchev–Trinajstić information content (AvgIpc) is 2.88.